The van der Waals surface area contributed by atoms with E-state index in [-0.39, 0.29) is 24.7 Å². The number of benzene rings is 6. The summed E-state index contributed by atoms with van der Waals surface area (Å²) in [6.07, 6.45) is -0.985. The van der Waals surface area contributed by atoms with Crippen molar-refractivity contribution >= 4 is 23.8 Å². The average molecular weight is 799 g/mol. The van der Waals surface area contributed by atoms with Crippen LogP contribution in [0.2, 0.25) is 0 Å². The van der Waals surface area contributed by atoms with Crippen LogP contribution in [0, 0.1) is 0 Å². The van der Waals surface area contributed by atoms with Gasteiger partial charge in [-0.15, -0.1) is 0 Å². The Kier molecular flexibility index (Phi) is 11.6. The number of carbonyl (C=O) groups is 4. The summed E-state index contributed by atoms with van der Waals surface area (Å²) in [6.45, 7) is -0.487. The molecule has 0 aliphatic carbocycles. The molecule has 11 heteroatoms. The number of oxazole rings is 1. The highest BCUT2D eigenvalue weighted by Crippen LogP contribution is 2.42. The molecule has 1 saturated heterocycles. The number of β-lactam (4-membered cyclic amide) rings is 1. The Balaban J connectivity index is 1.25. The van der Waals surface area contributed by atoms with Gasteiger partial charge in [-0.3, -0.25) is 9.36 Å². The van der Waals surface area contributed by atoms with E-state index in [1.807, 2.05) is 18.2 Å². The van der Waals surface area contributed by atoms with E-state index in [9.17, 15) is 19.2 Å². The zero-order valence-electron chi connectivity index (χ0n) is 32.1. The van der Waals surface area contributed by atoms with Crippen LogP contribution in [0.3, 0.4) is 0 Å². The van der Waals surface area contributed by atoms with Crippen molar-refractivity contribution in [3.05, 3.63) is 215 Å². The van der Waals surface area contributed by atoms with E-state index in [0.29, 0.717) is 33.4 Å². The summed E-state index contributed by atoms with van der Waals surface area (Å²) >= 11 is 0. The molecule has 0 N–H and O–H groups in total. The molecule has 0 saturated carbocycles. The molecule has 0 spiro atoms. The SMILES string of the molecule is O=C(OCc1ccccc1)C(C(=O)OCc1ccccc1)N1C(=O)C(n2c(-c3ccccc3)c(-c3ccccc3)oc2=O)C1C(=O)OC(c1ccccc1)c1ccccc1. The molecule has 6 aromatic carbocycles. The van der Waals surface area contributed by atoms with Gasteiger partial charge in [0.15, 0.2) is 23.9 Å². The van der Waals surface area contributed by atoms with Crippen molar-refractivity contribution in [1.29, 1.82) is 0 Å². The third-order valence-corrected chi connectivity index (χ3v) is 10.2. The first-order valence-corrected chi connectivity index (χ1v) is 19.3. The predicted octanol–water partition coefficient (Wildman–Crippen LogP) is 7.72. The molecule has 7 aromatic rings. The van der Waals surface area contributed by atoms with Crippen LogP contribution in [-0.4, -0.2) is 45.4 Å². The Morgan fingerprint density at radius 2 is 0.967 bits per heavy atom. The van der Waals surface area contributed by atoms with Crippen LogP contribution in [0.15, 0.2) is 191 Å². The van der Waals surface area contributed by atoms with E-state index in [0.717, 1.165) is 9.47 Å². The number of hydrogen-bond acceptors (Lipinski definition) is 9. The molecule has 1 aliphatic heterocycles. The quantitative estimate of drug-likeness (QED) is 0.0469. The molecule has 8 rings (SSSR count). The molecule has 1 amide bonds. The van der Waals surface area contributed by atoms with Gasteiger partial charge >= 0.3 is 23.7 Å². The number of carbonyl (C=O) groups excluding carboxylic acids is 4. The van der Waals surface area contributed by atoms with Gasteiger partial charge in [0.05, 0.1) is 5.69 Å². The van der Waals surface area contributed by atoms with Gasteiger partial charge in [-0.25, -0.2) is 19.2 Å². The molecule has 1 aromatic heterocycles. The largest absolute Gasteiger partial charge is 0.459 e. The van der Waals surface area contributed by atoms with Crippen molar-refractivity contribution in [3.8, 4) is 22.6 Å². The molecule has 298 valence electrons. The summed E-state index contributed by atoms with van der Waals surface area (Å²) in [5, 5.41) is 0. The van der Waals surface area contributed by atoms with Crippen molar-refractivity contribution in [2.24, 2.45) is 0 Å². The van der Waals surface area contributed by atoms with Crippen LogP contribution in [0.1, 0.15) is 34.4 Å². The van der Waals surface area contributed by atoms with E-state index in [4.69, 9.17) is 18.6 Å². The number of hydrogen-bond donors (Lipinski definition) is 0. The Bertz CT molecular complexity index is 2540. The minimum Gasteiger partial charge on any atom is -0.459 e. The highest BCUT2D eigenvalue weighted by atomic mass is 16.6. The van der Waals surface area contributed by atoms with E-state index in [1.165, 1.54) is 0 Å². The number of aromatic nitrogens is 1. The zero-order chi connectivity index (χ0) is 41.4. The lowest BCUT2D eigenvalue weighted by Crippen LogP contribution is -2.71. The lowest BCUT2D eigenvalue weighted by molar-refractivity contribution is -0.190. The zero-order valence-corrected chi connectivity index (χ0v) is 32.1. The van der Waals surface area contributed by atoms with Gasteiger partial charge < -0.3 is 23.5 Å². The second-order valence-electron chi connectivity index (χ2n) is 14.0. The molecule has 2 unspecified atom stereocenters. The smallest absolute Gasteiger partial charge is 0.420 e. The molecule has 0 radical (unpaired) electrons. The average Bonchev–Trinajstić information content (AvgIpc) is 3.64. The van der Waals surface area contributed by atoms with Gasteiger partial charge in [0.1, 0.15) is 13.2 Å². The van der Waals surface area contributed by atoms with Crippen LogP contribution >= 0.6 is 0 Å². The maximum Gasteiger partial charge on any atom is 0.420 e. The Morgan fingerprint density at radius 3 is 1.43 bits per heavy atom. The number of rotatable bonds is 14. The highest BCUT2D eigenvalue weighted by Gasteiger charge is 2.61. The molecular formula is C49H38N2O9. The first-order valence-electron chi connectivity index (χ1n) is 19.3. The first-order chi connectivity index (χ1) is 29.4. The van der Waals surface area contributed by atoms with Crippen LogP contribution in [0.25, 0.3) is 22.6 Å². The summed E-state index contributed by atoms with van der Waals surface area (Å²) in [6, 6.07) is 47.8. The van der Waals surface area contributed by atoms with Gasteiger partial charge in [-0.2, -0.15) is 0 Å². The fraction of sp³-hybridized carbons (Fsp3) is 0.122. The Hall–Kier alpha value is -7.79. The molecule has 0 bridgehead atoms. The van der Waals surface area contributed by atoms with Crippen LogP contribution in [-0.2, 0) is 46.6 Å². The molecule has 2 heterocycles. The predicted molar refractivity (Wildman–Crippen MR) is 221 cm³/mol. The molecule has 2 atom stereocenters. The fourth-order valence-electron chi connectivity index (χ4n) is 7.28. The summed E-state index contributed by atoms with van der Waals surface area (Å²) in [7, 11) is 0. The Morgan fingerprint density at radius 1 is 0.550 bits per heavy atom. The van der Waals surface area contributed by atoms with Gasteiger partial charge in [-0.05, 0) is 22.3 Å². The number of likely N-dealkylation sites (tertiary alicyclic amines) is 1. The number of ether oxygens (including phenoxy) is 3. The van der Waals surface area contributed by atoms with Crippen molar-refractivity contribution in [3.63, 3.8) is 0 Å². The van der Waals surface area contributed by atoms with Crippen LogP contribution < -0.4 is 5.76 Å². The molecule has 1 aliphatic rings. The van der Waals surface area contributed by atoms with E-state index >= 15 is 4.79 Å². The summed E-state index contributed by atoms with van der Waals surface area (Å²) in [5.41, 5.74) is 3.71. The van der Waals surface area contributed by atoms with Crippen molar-refractivity contribution < 1.29 is 37.8 Å². The number of amides is 1. The number of esters is 3. The summed E-state index contributed by atoms with van der Waals surface area (Å²) < 4.78 is 24.7. The third-order valence-electron chi connectivity index (χ3n) is 10.2. The maximum atomic E-state index is 15.0. The molecule has 1 fully saturated rings. The maximum absolute atomic E-state index is 15.0. The highest BCUT2D eigenvalue weighted by molar-refractivity contribution is 6.08. The lowest BCUT2D eigenvalue weighted by atomic mass is 9.90. The van der Waals surface area contributed by atoms with Crippen LogP contribution in [0.5, 0.6) is 0 Å². The van der Waals surface area contributed by atoms with Gasteiger partial charge in [0.2, 0.25) is 6.04 Å². The van der Waals surface area contributed by atoms with E-state index in [2.05, 4.69) is 0 Å². The van der Waals surface area contributed by atoms with Crippen molar-refractivity contribution in [1.82, 2.24) is 9.47 Å². The monoisotopic (exact) mass is 798 g/mol. The van der Waals surface area contributed by atoms with Gasteiger partial charge in [-0.1, -0.05) is 182 Å². The van der Waals surface area contributed by atoms with Crippen molar-refractivity contribution in [2.45, 2.75) is 37.4 Å². The molecule has 60 heavy (non-hydrogen) atoms. The normalized spacial score (nSPS) is 14.7. The second kappa shape index (κ2) is 17.8. The minimum absolute atomic E-state index is 0.151. The second-order valence-corrected chi connectivity index (χ2v) is 14.0. The topological polar surface area (TPSA) is 134 Å². The van der Waals surface area contributed by atoms with Crippen molar-refractivity contribution in [2.75, 3.05) is 0 Å². The summed E-state index contributed by atoms with van der Waals surface area (Å²) in [4.78, 5) is 73.3. The van der Waals surface area contributed by atoms with E-state index < -0.39 is 53.8 Å². The lowest BCUT2D eigenvalue weighted by Gasteiger charge is -2.47. The van der Waals surface area contributed by atoms with Crippen LogP contribution in [0.4, 0.5) is 0 Å². The summed E-state index contributed by atoms with van der Waals surface area (Å²) in [5.74, 6) is -4.99. The molecule has 11 nitrogen and oxygen atoms in total. The standard InChI is InChI=1S/C49H38N2O9/c52-45-40(51-39(35-23-11-3-12-24-35)44(60-49(51)56)38-29-17-6-18-30-38)41(48(55)59-43(36-25-13-4-14-26-36)37-27-15-5-16-28-37)50(45)42(46(53)57-31-33-19-7-1-8-20-33)47(54)58-32-34-21-9-2-10-22-34/h1-30,40-43H,31-32H2. The fourth-order valence-corrected chi connectivity index (χ4v) is 7.28. The minimum atomic E-state index is -2.07. The number of nitrogens with zero attached hydrogens (tertiary/aromatic N) is 2. The first kappa shape index (κ1) is 39.1. The van der Waals surface area contributed by atoms with E-state index in [1.54, 1.807) is 164 Å². The Labute approximate surface area is 345 Å². The third kappa shape index (κ3) is 8.14. The van der Waals surface area contributed by atoms with Gasteiger partial charge in [0, 0.05) is 11.1 Å². The molecular weight excluding hydrogens is 761 g/mol. The van der Waals surface area contributed by atoms with Gasteiger partial charge in [0.25, 0.3) is 5.91 Å².